The second kappa shape index (κ2) is 7.47. The number of amides is 1. The molecule has 1 amide bonds. The van der Waals surface area contributed by atoms with Crippen LogP contribution < -0.4 is 0 Å². The van der Waals surface area contributed by atoms with E-state index in [1.165, 1.54) is 17.7 Å². The normalized spacial score (nSPS) is 16.8. The van der Waals surface area contributed by atoms with E-state index in [4.69, 9.17) is 0 Å². The number of likely N-dealkylation sites (tertiary alicyclic amines) is 1. The minimum Gasteiger partial charge on any atom is -0.337 e. The lowest BCUT2D eigenvalue weighted by Crippen LogP contribution is -2.38. The molecular weight excluding hydrogens is 365 g/mol. The van der Waals surface area contributed by atoms with Gasteiger partial charge in [-0.25, -0.2) is 9.07 Å². The van der Waals surface area contributed by atoms with Crippen molar-refractivity contribution >= 4 is 5.91 Å². The van der Waals surface area contributed by atoms with E-state index in [1.807, 2.05) is 15.6 Å². The number of piperidine rings is 1. The van der Waals surface area contributed by atoms with E-state index >= 15 is 0 Å². The molecule has 29 heavy (non-hydrogen) atoms. The number of carbonyl (C=O) groups is 1. The van der Waals surface area contributed by atoms with Crippen molar-refractivity contribution in [1.29, 1.82) is 0 Å². The molecule has 1 aliphatic heterocycles. The van der Waals surface area contributed by atoms with Crippen LogP contribution in [0.3, 0.4) is 0 Å². The molecular formula is C24H24FN3O. The van der Waals surface area contributed by atoms with Gasteiger partial charge in [0.2, 0.25) is 0 Å². The zero-order valence-electron chi connectivity index (χ0n) is 16.4. The second-order valence-electron chi connectivity index (χ2n) is 7.99. The molecule has 0 saturated carbocycles. The molecule has 1 aliphatic carbocycles. The Kier molecular flexibility index (Phi) is 4.66. The van der Waals surface area contributed by atoms with Gasteiger partial charge in [-0.15, -0.1) is 0 Å². The molecule has 2 aromatic carbocycles. The molecule has 0 atom stereocenters. The van der Waals surface area contributed by atoms with Crippen LogP contribution in [-0.4, -0.2) is 33.7 Å². The van der Waals surface area contributed by atoms with Crippen molar-refractivity contribution in [3.63, 3.8) is 0 Å². The third kappa shape index (κ3) is 3.35. The first-order valence-electron chi connectivity index (χ1n) is 10.4. The van der Waals surface area contributed by atoms with Crippen molar-refractivity contribution < 1.29 is 9.18 Å². The summed E-state index contributed by atoms with van der Waals surface area (Å²) in [5, 5.41) is 4.69. The topological polar surface area (TPSA) is 38.1 Å². The lowest BCUT2D eigenvalue weighted by atomic mass is 9.89. The molecule has 4 nitrogen and oxygen atoms in total. The average molecular weight is 389 g/mol. The van der Waals surface area contributed by atoms with Crippen LogP contribution in [0.15, 0.2) is 54.6 Å². The smallest absolute Gasteiger partial charge is 0.274 e. The quantitative estimate of drug-likeness (QED) is 0.661. The number of fused-ring (bicyclic) bond motifs is 1. The Morgan fingerprint density at radius 1 is 0.966 bits per heavy atom. The van der Waals surface area contributed by atoms with Crippen molar-refractivity contribution in [1.82, 2.24) is 14.7 Å². The number of aromatic nitrogens is 2. The highest BCUT2D eigenvalue weighted by Gasteiger charge is 2.31. The summed E-state index contributed by atoms with van der Waals surface area (Å²) in [7, 11) is 0. The molecule has 5 rings (SSSR count). The van der Waals surface area contributed by atoms with Gasteiger partial charge in [0.15, 0.2) is 5.69 Å². The van der Waals surface area contributed by atoms with Crippen molar-refractivity contribution in [2.75, 3.05) is 13.1 Å². The van der Waals surface area contributed by atoms with Gasteiger partial charge in [-0.05, 0) is 67.9 Å². The number of carbonyl (C=O) groups excluding carboxylic acids is 1. The maximum atomic E-state index is 13.3. The van der Waals surface area contributed by atoms with Crippen molar-refractivity contribution in [2.24, 2.45) is 0 Å². The number of hydrogen-bond acceptors (Lipinski definition) is 2. The van der Waals surface area contributed by atoms with Crippen LogP contribution in [0.5, 0.6) is 0 Å². The highest BCUT2D eigenvalue weighted by Crippen LogP contribution is 2.31. The van der Waals surface area contributed by atoms with Gasteiger partial charge in [0, 0.05) is 24.3 Å². The van der Waals surface area contributed by atoms with Gasteiger partial charge in [-0.2, -0.15) is 5.10 Å². The molecule has 0 radical (unpaired) electrons. The van der Waals surface area contributed by atoms with Crippen molar-refractivity contribution in [2.45, 2.75) is 38.0 Å². The van der Waals surface area contributed by atoms with E-state index in [0.717, 1.165) is 62.1 Å². The molecule has 0 spiro atoms. The highest BCUT2D eigenvalue weighted by molar-refractivity contribution is 5.94. The van der Waals surface area contributed by atoms with Crippen molar-refractivity contribution in [3.8, 4) is 5.69 Å². The number of halogens is 1. The summed E-state index contributed by atoms with van der Waals surface area (Å²) in [5.74, 6) is 0.286. The van der Waals surface area contributed by atoms with Gasteiger partial charge >= 0.3 is 0 Å². The first kappa shape index (κ1) is 18.1. The summed E-state index contributed by atoms with van der Waals surface area (Å²) in [6, 6.07) is 16.9. The van der Waals surface area contributed by atoms with Crippen LogP contribution in [0.25, 0.3) is 5.69 Å². The number of benzene rings is 2. The maximum Gasteiger partial charge on any atom is 0.274 e. The zero-order valence-corrected chi connectivity index (χ0v) is 16.4. The highest BCUT2D eigenvalue weighted by atomic mass is 19.1. The van der Waals surface area contributed by atoms with Crippen LogP contribution in [0, 0.1) is 5.82 Å². The number of hydrogen-bond donors (Lipinski definition) is 0. The van der Waals surface area contributed by atoms with Crippen molar-refractivity contribution in [3.05, 3.63) is 82.9 Å². The lowest BCUT2D eigenvalue weighted by molar-refractivity contribution is 0.0705. The van der Waals surface area contributed by atoms with Gasteiger partial charge in [0.05, 0.1) is 5.69 Å². The SMILES string of the molecule is O=C(c1nn(-c2ccc(F)cc2)c2c1CCC2)N1CCC(c2ccccc2)CC1. The summed E-state index contributed by atoms with van der Waals surface area (Å²) in [4.78, 5) is 15.2. The molecule has 3 aromatic rings. The van der Waals surface area contributed by atoms with E-state index in [1.54, 1.807) is 12.1 Å². The first-order valence-corrected chi connectivity index (χ1v) is 10.4. The Morgan fingerprint density at radius 3 is 2.41 bits per heavy atom. The number of rotatable bonds is 3. The van der Waals surface area contributed by atoms with Gasteiger partial charge in [0.25, 0.3) is 5.91 Å². The fourth-order valence-corrected chi connectivity index (χ4v) is 4.70. The van der Waals surface area contributed by atoms with Gasteiger partial charge in [-0.3, -0.25) is 4.79 Å². The lowest BCUT2D eigenvalue weighted by Gasteiger charge is -2.32. The maximum absolute atomic E-state index is 13.3. The largest absolute Gasteiger partial charge is 0.337 e. The van der Waals surface area contributed by atoms with Crippen LogP contribution in [0.4, 0.5) is 4.39 Å². The van der Waals surface area contributed by atoms with Gasteiger partial charge in [-0.1, -0.05) is 30.3 Å². The minimum atomic E-state index is -0.268. The molecule has 2 aliphatic rings. The van der Waals surface area contributed by atoms with Gasteiger partial charge < -0.3 is 4.90 Å². The summed E-state index contributed by atoms with van der Waals surface area (Å²) < 4.78 is 15.2. The monoisotopic (exact) mass is 389 g/mol. The molecule has 0 bridgehead atoms. The second-order valence-corrected chi connectivity index (χ2v) is 7.99. The third-order valence-corrected chi connectivity index (χ3v) is 6.26. The summed E-state index contributed by atoms with van der Waals surface area (Å²) in [5.41, 5.74) is 4.93. The van der Waals surface area contributed by atoms with E-state index < -0.39 is 0 Å². The predicted octanol–water partition coefficient (Wildman–Crippen LogP) is 4.52. The number of nitrogens with zero attached hydrogens (tertiary/aromatic N) is 3. The minimum absolute atomic E-state index is 0.0375. The summed E-state index contributed by atoms with van der Waals surface area (Å²) >= 11 is 0. The zero-order chi connectivity index (χ0) is 19.8. The molecule has 148 valence electrons. The first-order chi connectivity index (χ1) is 14.2. The molecule has 1 saturated heterocycles. The Balaban J connectivity index is 1.37. The standard InChI is InChI=1S/C24H24FN3O/c25-19-9-11-20(12-10-19)28-22-8-4-7-21(22)23(26-28)24(29)27-15-13-18(14-16-27)17-5-2-1-3-6-17/h1-3,5-6,9-12,18H,4,7-8,13-16H2. The molecule has 2 heterocycles. The van der Waals surface area contributed by atoms with Crippen LogP contribution in [-0.2, 0) is 12.8 Å². The van der Waals surface area contributed by atoms with Crippen LogP contribution in [0.2, 0.25) is 0 Å². The Bertz CT molecular complexity index is 1020. The Labute approximate surface area is 170 Å². The molecule has 5 heteroatoms. The molecule has 0 N–H and O–H groups in total. The van der Waals surface area contributed by atoms with E-state index in [9.17, 15) is 9.18 Å². The fourth-order valence-electron chi connectivity index (χ4n) is 4.70. The third-order valence-electron chi connectivity index (χ3n) is 6.26. The summed E-state index contributed by atoms with van der Waals surface area (Å²) in [6.07, 6.45) is 4.79. The van der Waals surface area contributed by atoms with E-state index in [0.29, 0.717) is 11.6 Å². The van der Waals surface area contributed by atoms with E-state index in [2.05, 4.69) is 29.4 Å². The molecule has 0 unspecified atom stereocenters. The summed E-state index contributed by atoms with van der Waals surface area (Å²) in [6.45, 7) is 1.52. The predicted molar refractivity (Wildman–Crippen MR) is 110 cm³/mol. The van der Waals surface area contributed by atoms with E-state index in [-0.39, 0.29) is 11.7 Å². The Morgan fingerprint density at radius 2 is 1.69 bits per heavy atom. The van der Waals surface area contributed by atoms with Crippen LogP contribution in [0.1, 0.15) is 52.5 Å². The average Bonchev–Trinajstić information content (AvgIpc) is 3.38. The molecule has 1 aromatic heterocycles. The fraction of sp³-hybridized carbons (Fsp3) is 0.333. The van der Waals surface area contributed by atoms with Gasteiger partial charge in [0.1, 0.15) is 5.82 Å². The Hall–Kier alpha value is -2.95. The molecule has 1 fully saturated rings. The van der Waals surface area contributed by atoms with Crippen LogP contribution >= 0.6 is 0 Å².